The molecule has 1 heterocycles. The van der Waals surface area contributed by atoms with E-state index in [0.29, 0.717) is 0 Å². The highest BCUT2D eigenvalue weighted by Crippen LogP contribution is 2.08. The van der Waals surface area contributed by atoms with Gasteiger partial charge in [0.05, 0.1) is 10.8 Å². The second kappa shape index (κ2) is 5.37. The molecule has 0 bridgehead atoms. The lowest BCUT2D eigenvalue weighted by Crippen LogP contribution is -1.84. The van der Waals surface area contributed by atoms with E-state index in [-0.39, 0.29) is 0 Å². The minimum absolute atomic E-state index is 0.813. The molecule has 0 saturated heterocycles. The molecule has 0 amide bonds. The summed E-state index contributed by atoms with van der Waals surface area (Å²) in [7, 11) is -1.08. The summed E-state index contributed by atoms with van der Waals surface area (Å²) in [5, 5.41) is 1.69. The maximum atomic E-state index is 11.8. The summed E-state index contributed by atoms with van der Waals surface area (Å²) in [5.74, 6) is 0. The Hall–Kier alpha value is -1.74. The molecule has 0 aliphatic rings. The summed E-state index contributed by atoms with van der Waals surface area (Å²) < 4.78 is 11.8. The van der Waals surface area contributed by atoms with Crippen LogP contribution in [-0.4, -0.2) is 9.19 Å². The molecule has 80 valence electrons. The van der Waals surface area contributed by atoms with Crippen LogP contribution in [0.5, 0.6) is 0 Å². The van der Waals surface area contributed by atoms with Crippen molar-refractivity contribution in [3.05, 3.63) is 65.8 Å². The molecule has 2 aromatic rings. The molecule has 2 nitrogen and oxygen atoms in total. The Morgan fingerprint density at radius 1 is 1.00 bits per heavy atom. The fraction of sp³-hybridized carbons (Fsp3) is 0. The molecule has 2 rings (SSSR count). The van der Waals surface area contributed by atoms with Gasteiger partial charge in [0.25, 0.3) is 0 Å². The third-order valence-corrected chi connectivity index (χ3v) is 3.19. The molecule has 0 radical (unpaired) electrons. The van der Waals surface area contributed by atoms with Crippen molar-refractivity contribution in [3.8, 4) is 0 Å². The highest BCUT2D eigenvalue weighted by Gasteiger charge is 1.96. The van der Waals surface area contributed by atoms with Crippen LogP contribution in [0.1, 0.15) is 5.56 Å². The summed E-state index contributed by atoms with van der Waals surface area (Å²) in [5.41, 5.74) is 0.999. The van der Waals surface area contributed by atoms with Crippen LogP contribution in [-0.2, 0) is 10.8 Å². The van der Waals surface area contributed by atoms with Crippen molar-refractivity contribution >= 4 is 16.9 Å². The quantitative estimate of drug-likeness (QED) is 0.810. The van der Waals surface area contributed by atoms with Crippen LogP contribution in [0.15, 0.2) is 65.2 Å². The standard InChI is InChI=1S/C13H11NOS/c15-16(13-4-2-1-3-5-13)11-8-12-6-9-14-10-7-12/h1-11H/b11-8+. The number of aromatic nitrogens is 1. The second-order valence-electron chi connectivity index (χ2n) is 3.19. The molecule has 0 fully saturated rings. The van der Waals surface area contributed by atoms with Crippen molar-refractivity contribution in [1.82, 2.24) is 4.98 Å². The molecule has 0 spiro atoms. The highest BCUT2D eigenvalue weighted by molar-refractivity contribution is 7.88. The smallest absolute Gasteiger partial charge is 0.0776 e. The normalized spacial score (nSPS) is 12.8. The Balaban J connectivity index is 2.12. The minimum atomic E-state index is -1.08. The molecule has 1 atom stereocenters. The van der Waals surface area contributed by atoms with Crippen LogP contribution in [0.3, 0.4) is 0 Å². The van der Waals surface area contributed by atoms with Gasteiger partial charge in [-0.25, -0.2) is 4.21 Å². The van der Waals surface area contributed by atoms with Crippen LogP contribution in [0.4, 0.5) is 0 Å². The molecule has 0 saturated carbocycles. The second-order valence-corrected chi connectivity index (χ2v) is 4.53. The van der Waals surface area contributed by atoms with E-state index in [1.54, 1.807) is 17.8 Å². The van der Waals surface area contributed by atoms with Crippen LogP contribution in [0, 0.1) is 0 Å². The molecule has 0 N–H and O–H groups in total. The van der Waals surface area contributed by atoms with Gasteiger partial charge in [0.15, 0.2) is 0 Å². The largest absolute Gasteiger partial charge is 0.265 e. The van der Waals surface area contributed by atoms with Crippen molar-refractivity contribution in [2.75, 3.05) is 0 Å². The molecule has 0 aliphatic heterocycles. The van der Waals surface area contributed by atoms with Crippen molar-refractivity contribution in [2.24, 2.45) is 0 Å². The van der Waals surface area contributed by atoms with Gasteiger partial charge in [-0.2, -0.15) is 0 Å². The van der Waals surface area contributed by atoms with E-state index in [9.17, 15) is 4.21 Å². The van der Waals surface area contributed by atoms with Crippen LogP contribution in [0.25, 0.3) is 6.08 Å². The monoisotopic (exact) mass is 229 g/mol. The molecule has 16 heavy (non-hydrogen) atoms. The van der Waals surface area contributed by atoms with Gasteiger partial charge in [0, 0.05) is 22.7 Å². The number of hydrogen-bond acceptors (Lipinski definition) is 2. The number of nitrogens with zero attached hydrogens (tertiary/aromatic N) is 1. The van der Waals surface area contributed by atoms with E-state index in [0.717, 1.165) is 10.5 Å². The molecule has 0 aliphatic carbocycles. The van der Waals surface area contributed by atoms with Gasteiger partial charge in [-0.05, 0) is 35.9 Å². The van der Waals surface area contributed by atoms with Crippen molar-refractivity contribution in [3.63, 3.8) is 0 Å². The third-order valence-electron chi connectivity index (χ3n) is 2.07. The molecule has 1 aromatic carbocycles. The third kappa shape index (κ3) is 2.87. The Morgan fingerprint density at radius 2 is 1.69 bits per heavy atom. The first-order chi connectivity index (χ1) is 7.86. The number of benzene rings is 1. The highest BCUT2D eigenvalue weighted by atomic mass is 32.2. The summed E-state index contributed by atoms with van der Waals surface area (Å²) >= 11 is 0. The fourth-order valence-corrected chi connectivity index (χ4v) is 2.11. The zero-order valence-electron chi connectivity index (χ0n) is 8.61. The topological polar surface area (TPSA) is 30.0 Å². The average Bonchev–Trinajstić information content (AvgIpc) is 2.38. The number of hydrogen-bond donors (Lipinski definition) is 0. The summed E-state index contributed by atoms with van der Waals surface area (Å²) in [4.78, 5) is 4.73. The summed E-state index contributed by atoms with van der Waals surface area (Å²) in [6.07, 6.45) is 5.26. The van der Waals surface area contributed by atoms with E-state index in [1.165, 1.54) is 0 Å². The fourth-order valence-electron chi connectivity index (χ4n) is 1.25. The first-order valence-electron chi connectivity index (χ1n) is 4.90. The van der Waals surface area contributed by atoms with E-state index >= 15 is 0 Å². The van der Waals surface area contributed by atoms with Gasteiger partial charge in [-0.1, -0.05) is 18.2 Å². The summed E-state index contributed by atoms with van der Waals surface area (Å²) in [6.45, 7) is 0. The molecular weight excluding hydrogens is 218 g/mol. The zero-order chi connectivity index (χ0) is 11.2. The SMILES string of the molecule is O=S(/C=C/c1ccncc1)c1ccccc1. The van der Waals surface area contributed by atoms with Gasteiger partial charge in [-0.3, -0.25) is 4.98 Å². The Kier molecular flexibility index (Phi) is 3.62. The maximum absolute atomic E-state index is 11.8. The first-order valence-corrected chi connectivity index (χ1v) is 6.11. The van der Waals surface area contributed by atoms with E-state index < -0.39 is 10.8 Å². The Labute approximate surface area is 97.1 Å². The maximum Gasteiger partial charge on any atom is 0.0776 e. The Morgan fingerprint density at radius 3 is 2.38 bits per heavy atom. The van der Waals surface area contributed by atoms with Gasteiger partial charge in [-0.15, -0.1) is 0 Å². The van der Waals surface area contributed by atoms with Crippen LogP contribution < -0.4 is 0 Å². The van der Waals surface area contributed by atoms with Gasteiger partial charge in [0.1, 0.15) is 0 Å². The van der Waals surface area contributed by atoms with Crippen LogP contribution >= 0.6 is 0 Å². The molecule has 3 heteroatoms. The molecule has 1 aromatic heterocycles. The predicted octanol–water partition coefficient (Wildman–Crippen LogP) is 2.86. The van der Waals surface area contributed by atoms with Crippen molar-refractivity contribution in [2.45, 2.75) is 4.90 Å². The van der Waals surface area contributed by atoms with Gasteiger partial charge < -0.3 is 0 Å². The first kappa shape index (κ1) is 10.8. The lowest BCUT2D eigenvalue weighted by atomic mass is 10.3. The molecular formula is C13H11NOS. The summed E-state index contributed by atoms with van der Waals surface area (Å²) in [6, 6.07) is 13.1. The average molecular weight is 229 g/mol. The number of pyridine rings is 1. The lowest BCUT2D eigenvalue weighted by Gasteiger charge is -1.95. The van der Waals surface area contributed by atoms with E-state index in [1.807, 2.05) is 48.5 Å². The predicted molar refractivity (Wildman–Crippen MR) is 66.1 cm³/mol. The van der Waals surface area contributed by atoms with Gasteiger partial charge in [0.2, 0.25) is 0 Å². The van der Waals surface area contributed by atoms with Crippen molar-refractivity contribution < 1.29 is 4.21 Å². The zero-order valence-corrected chi connectivity index (χ0v) is 9.43. The van der Waals surface area contributed by atoms with Crippen LogP contribution in [0.2, 0.25) is 0 Å². The van der Waals surface area contributed by atoms with Crippen molar-refractivity contribution in [1.29, 1.82) is 0 Å². The minimum Gasteiger partial charge on any atom is -0.265 e. The Bertz CT molecular complexity index is 494. The lowest BCUT2D eigenvalue weighted by molar-refractivity contribution is 0.688. The van der Waals surface area contributed by atoms with E-state index in [4.69, 9.17) is 0 Å². The number of rotatable bonds is 3. The van der Waals surface area contributed by atoms with Gasteiger partial charge >= 0.3 is 0 Å². The molecule has 1 unspecified atom stereocenters. The van der Waals surface area contributed by atoms with E-state index in [2.05, 4.69) is 4.98 Å².